The van der Waals surface area contributed by atoms with Crippen molar-refractivity contribution in [1.29, 1.82) is 0 Å². The number of hydrogen-bond acceptors (Lipinski definition) is 4. The van der Waals surface area contributed by atoms with Gasteiger partial charge in [0.15, 0.2) is 5.13 Å². The molecule has 7 heteroatoms. The van der Waals surface area contributed by atoms with Gasteiger partial charge in [-0.05, 0) is 49.4 Å². The highest BCUT2D eigenvalue weighted by Gasteiger charge is 2.27. The molecule has 26 heavy (non-hydrogen) atoms. The number of amides is 2. The van der Waals surface area contributed by atoms with Gasteiger partial charge in [-0.3, -0.25) is 14.5 Å². The van der Waals surface area contributed by atoms with Gasteiger partial charge < -0.3 is 4.90 Å². The Kier molecular flexibility index (Phi) is 4.84. The fourth-order valence-corrected chi connectivity index (χ4v) is 5.26. The molecule has 1 fully saturated rings. The fourth-order valence-electron chi connectivity index (χ4n) is 3.77. The van der Waals surface area contributed by atoms with Gasteiger partial charge in [-0.15, -0.1) is 11.3 Å². The molecule has 0 aliphatic carbocycles. The van der Waals surface area contributed by atoms with Crippen LogP contribution in [-0.4, -0.2) is 29.9 Å². The van der Waals surface area contributed by atoms with Crippen molar-refractivity contribution in [2.45, 2.75) is 39.0 Å². The lowest BCUT2D eigenvalue weighted by Gasteiger charge is -2.31. The normalized spacial score (nSPS) is 16.9. The average molecular weight is 434 g/mol. The maximum atomic E-state index is 13.0. The van der Waals surface area contributed by atoms with Crippen LogP contribution in [0.2, 0.25) is 0 Å². The molecule has 0 unspecified atom stereocenters. The summed E-state index contributed by atoms with van der Waals surface area (Å²) in [4.78, 5) is 33.0. The van der Waals surface area contributed by atoms with Gasteiger partial charge in [0.25, 0.3) is 0 Å². The van der Waals surface area contributed by atoms with E-state index in [1.807, 2.05) is 10.3 Å². The summed E-state index contributed by atoms with van der Waals surface area (Å²) in [6.07, 6.45) is 3.71. The van der Waals surface area contributed by atoms with E-state index < -0.39 is 0 Å². The highest BCUT2D eigenvalue weighted by molar-refractivity contribution is 9.10. The van der Waals surface area contributed by atoms with Gasteiger partial charge in [-0.25, -0.2) is 4.98 Å². The minimum absolute atomic E-state index is 0.0703. The zero-order chi connectivity index (χ0) is 18.3. The van der Waals surface area contributed by atoms with Crippen LogP contribution in [0.15, 0.2) is 22.0 Å². The number of rotatable bonds is 3. The lowest BCUT2D eigenvalue weighted by atomic mass is 9.98. The molecule has 0 N–H and O–H groups in total. The van der Waals surface area contributed by atoms with Crippen LogP contribution in [0.1, 0.15) is 36.1 Å². The van der Waals surface area contributed by atoms with Crippen LogP contribution in [-0.2, 0) is 22.4 Å². The van der Waals surface area contributed by atoms with Gasteiger partial charge in [0.2, 0.25) is 11.8 Å². The topological polar surface area (TPSA) is 53.5 Å². The minimum atomic E-state index is 0.0703. The van der Waals surface area contributed by atoms with Gasteiger partial charge in [0.05, 0.1) is 12.1 Å². The maximum absolute atomic E-state index is 13.0. The molecular weight excluding hydrogens is 414 g/mol. The Bertz CT molecular complexity index is 880. The van der Waals surface area contributed by atoms with Crippen LogP contribution >= 0.6 is 27.3 Å². The first kappa shape index (κ1) is 17.7. The van der Waals surface area contributed by atoms with E-state index in [4.69, 9.17) is 0 Å². The van der Waals surface area contributed by atoms with Gasteiger partial charge in [0, 0.05) is 35.1 Å². The number of aromatic nitrogens is 1. The third kappa shape index (κ3) is 3.30. The Morgan fingerprint density at radius 3 is 2.85 bits per heavy atom. The summed E-state index contributed by atoms with van der Waals surface area (Å²) in [5, 5.41) is 2.62. The molecule has 5 nitrogen and oxygen atoms in total. The molecule has 2 aliphatic heterocycles. The van der Waals surface area contributed by atoms with Crippen LogP contribution in [0.5, 0.6) is 0 Å². The van der Waals surface area contributed by atoms with Crippen molar-refractivity contribution in [2.75, 3.05) is 22.9 Å². The summed E-state index contributed by atoms with van der Waals surface area (Å²) in [5.74, 6) is 0.198. The van der Waals surface area contributed by atoms with Crippen molar-refractivity contribution in [3.05, 3.63) is 38.8 Å². The number of fused-ring (bicyclic) bond motifs is 1. The van der Waals surface area contributed by atoms with E-state index in [9.17, 15) is 9.59 Å². The second kappa shape index (κ2) is 7.12. The molecule has 2 aromatic rings. The van der Waals surface area contributed by atoms with Gasteiger partial charge >= 0.3 is 0 Å². The summed E-state index contributed by atoms with van der Waals surface area (Å²) in [7, 11) is 0. The lowest BCUT2D eigenvalue weighted by Crippen LogP contribution is -2.37. The summed E-state index contributed by atoms with van der Waals surface area (Å²) in [5.41, 5.74) is 4.13. The zero-order valence-corrected chi connectivity index (χ0v) is 17.0. The number of thiazole rings is 1. The molecule has 0 spiro atoms. The van der Waals surface area contributed by atoms with Crippen LogP contribution in [0.4, 0.5) is 10.8 Å². The van der Waals surface area contributed by atoms with Crippen molar-refractivity contribution in [2.24, 2.45) is 0 Å². The van der Waals surface area contributed by atoms with E-state index in [0.29, 0.717) is 6.42 Å². The Morgan fingerprint density at radius 2 is 2.08 bits per heavy atom. The molecule has 0 radical (unpaired) electrons. The Hall–Kier alpha value is -1.73. The molecule has 2 aliphatic rings. The molecule has 3 heterocycles. The van der Waals surface area contributed by atoms with E-state index >= 15 is 0 Å². The first-order valence-electron chi connectivity index (χ1n) is 8.87. The number of anilines is 2. The van der Waals surface area contributed by atoms with Crippen LogP contribution < -0.4 is 9.80 Å². The largest absolute Gasteiger partial charge is 0.312 e. The van der Waals surface area contributed by atoms with Gasteiger partial charge in [-0.1, -0.05) is 15.9 Å². The molecule has 0 atom stereocenters. The predicted octanol–water partition coefficient (Wildman–Crippen LogP) is 3.86. The Balaban J connectivity index is 1.53. The van der Waals surface area contributed by atoms with Crippen molar-refractivity contribution in [3.8, 4) is 0 Å². The molecule has 4 rings (SSSR count). The van der Waals surface area contributed by atoms with Gasteiger partial charge in [0.1, 0.15) is 0 Å². The van der Waals surface area contributed by atoms with E-state index in [-0.39, 0.29) is 18.2 Å². The summed E-state index contributed by atoms with van der Waals surface area (Å²) >= 11 is 4.99. The lowest BCUT2D eigenvalue weighted by molar-refractivity contribution is -0.118. The molecule has 136 valence electrons. The second-order valence-corrected chi connectivity index (χ2v) is 8.58. The molecule has 1 aromatic carbocycles. The number of hydrogen-bond donors (Lipinski definition) is 0. The third-order valence-electron chi connectivity index (χ3n) is 4.92. The Labute approximate surface area is 165 Å². The molecule has 1 aromatic heterocycles. The number of carbonyl (C=O) groups excluding carboxylic acids is 2. The summed E-state index contributed by atoms with van der Waals surface area (Å²) in [6, 6.07) is 4.17. The highest BCUT2D eigenvalue weighted by atomic mass is 79.9. The molecule has 0 saturated carbocycles. The predicted molar refractivity (Wildman–Crippen MR) is 107 cm³/mol. The maximum Gasteiger partial charge on any atom is 0.233 e. The molecule has 2 amide bonds. The number of benzene rings is 1. The highest BCUT2D eigenvalue weighted by Crippen LogP contribution is 2.34. The Morgan fingerprint density at radius 1 is 1.27 bits per heavy atom. The van der Waals surface area contributed by atoms with E-state index in [1.165, 1.54) is 16.9 Å². The molecule has 0 bridgehead atoms. The zero-order valence-electron chi connectivity index (χ0n) is 14.6. The van der Waals surface area contributed by atoms with Gasteiger partial charge in [-0.2, -0.15) is 0 Å². The monoisotopic (exact) mass is 433 g/mol. The van der Waals surface area contributed by atoms with Crippen molar-refractivity contribution in [1.82, 2.24) is 4.98 Å². The standard InChI is InChI=1S/C19H20BrN3O2S/c1-12-8-14(20)9-13-4-2-6-22(18(12)13)17(25)10-15-11-26-19(21-15)23-7-3-5-16(23)24/h8-9,11H,2-7,10H2,1H3. The van der Waals surface area contributed by atoms with E-state index in [1.54, 1.807) is 4.90 Å². The third-order valence-corrected chi connectivity index (χ3v) is 6.29. The van der Waals surface area contributed by atoms with Crippen LogP contribution in [0.3, 0.4) is 0 Å². The smallest absolute Gasteiger partial charge is 0.233 e. The first-order valence-corrected chi connectivity index (χ1v) is 10.5. The van der Waals surface area contributed by atoms with Crippen molar-refractivity contribution in [3.63, 3.8) is 0 Å². The number of halogens is 1. The minimum Gasteiger partial charge on any atom is -0.312 e. The number of carbonyl (C=O) groups is 2. The van der Waals surface area contributed by atoms with Crippen molar-refractivity contribution < 1.29 is 9.59 Å². The summed E-state index contributed by atoms with van der Waals surface area (Å²) < 4.78 is 1.06. The van der Waals surface area contributed by atoms with E-state index in [0.717, 1.165) is 58.9 Å². The quantitative estimate of drug-likeness (QED) is 0.737. The summed E-state index contributed by atoms with van der Waals surface area (Å²) in [6.45, 7) is 3.53. The average Bonchev–Trinajstić information content (AvgIpc) is 3.22. The van der Waals surface area contributed by atoms with Crippen LogP contribution in [0.25, 0.3) is 0 Å². The first-order chi connectivity index (χ1) is 12.5. The SMILES string of the molecule is Cc1cc(Br)cc2c1N(C(=O)Cc1csc(N3CCCC3=O)n1)CCC2. The fraction of sp³-hybridized carbons (Fsp3) is 0.421. The van der Waals surface area contributed by atoms with Crippen molar-refractivity contribution >= 4 is 49.9 Å². The second-order valence-electron chi connectivity index (χ2n) is 6.83. The number of nitrogens with zero attached hydrogens (tertiary/aromatic N) is 3. The van der Waals surface area contributed by atoms with E-state index in [2.05, 4.69) is 40.0 Å². The number of aryl methyl sites for hydroxylation is 2. The molecular formula is C19H20BrN3O2S. The van der Waals surface area contributed by atoms with Crippen LogP contribution in [0, 0.1) is 6.92 Å². The molecule has 1 saturated heterocycles.